The molecular formula is C22H26ClN3O2. The van der Waals surface area contributed by atoms with Gasteiger partial charge in [-0.15, -0.1) is 0 Å². The van der Waals surface area contributed by atoms with Crippen LogP contribution in [0.3, 0.4) is 0 Å². The Hall–Kier alpha value is -2.53. The van der Waals surface area contributed by atoms with Gasteiger partial charge in [0.05, 0.1) is 12.1 Å². The first-order valence-electron chi connectivity index (χ1n) is 9.78. The molecule has 1 aliphatic heterocycles. The average molecular weight is 400 g/mol. The van der Waals surface area contributed by atoms with Crippen LogP contribution in [0.5, 0.6) is 0 Å². The number of carbonyl (C=O) groups is 2. The highest BCUT2D eigenvalue weighted by Gasteiger charge is 2.22. The highest BCUT2D eigenvalue weighted by atomic mass is 35.5. The van der Waals surface area contributed by atoms with Gasteiger partial charge in [-0.1, -0.05) is 37.1 Å². The van der Waals surface area contributed by atoms with E-state index in [-0.39, 0.29) is 18.4 Å². The van der Waals surface area contributed by atoms with E-state index in [0.29, 0.717) is 16.3 Å². The lowest BCUT2D eigenvalue weighted by Gasteiger charge is -2.18. The van der Waals surface area contributed by atoms with E-state index in [1.165, 1.54) is 5.56 Å². The van der Waals surface area contributed by atoms with Gasteiger partial charge < -0.3 is 15.5 Å². The van der Waals surface area contributed by atoms with Crippen molar-refractivity contribution in [1.29, 1.82) is 0 Å². The molecule has 1 saturated heterocycles. The second-order valence-electron chi connectivity index (χ2n) is 7.04. The Labute approximate surface area is 171 Å². The van der Waals surface area contributed by atoms with E-state index in [4.69, 9.17) is 11.6 Å². The molecule has 0 saturated carbocycles. The highest BCUT2D eigenvalue weighted by Crippen LogP contribution is 2.24. The van der Waals surface area contributed by atoms with Gasteiger partial charge in [0.1, 0.15) is 0 Å². The summed E-state index contributed by atoms with van der Waals surface area (Å²) < 4.78 is 0. The van der Waals surface area contributed by atoms with Crippen LogP contribution in [0, 0.1) is 0 Å². The molecule has 3 rings (SSSR count). The third-order valence-corrected chi connectivity index (χ3v) is 5.06. The summed E-state index contributed by atoms with van der Waals surface area (Å²) in [4.78, 5) is 26.9. The van der Waals surface area contributed by atoms with Crippen LogP contribution < -0.4 is 10.6 Å². The van der Waals surface area contributed by atoms with E-state index in [2.05, 4.69) is 17.6 Å². The monoisotopic (exact) mass is 399 g/mol. The van der Waals surface area contributed by atoms with Gasteiger partial charge in [0.15, 0.2) is 0 Å². The number of anilines is 2. The number of carbonyl (C=O) groups excluding carboxylic acids is 2. The maximum Gasteiger partial charge on any atom is 0.256 e. The Balaban J connectivity index is 1.62. The molecule has 2 N–H and O–H groups in total. The summed E-state index contributed by atoms with van der Waals surface area (Å²) in [6.45, 7) is 3.73. The van der Waals surface area contributed by atoms with Crippen molar-refractivity contribution in [2.24, 2.45) is 0 Å². The Bertz CT molecular complexity index is 830. The first-order chi connectivity index (χ1) is 13.6. The minimum atomic E-state index is -0.169. The molecule has 2 aromatic carbocycles. The Morgan fingerprint density at radius 3 is 2.46 bits per heavy atom. The van der Waals surface area contributed by atoms with E-state index in [1.807, 2.05) is 29.2 Å². The smallest absolute Gasteiger partial charge is 0.256 e. The van der Waals surface area contributed by atoms with Crippen LogP contribution in [-0.4, -0.2) is 36.3 Å². The van der Waals surface area contributed by atoms with Crippen molar-refractivity contribution in [2.45, 2.75) is 32.6 Å². The summed E-state index contributed by atoms with van der Waals surface area (Å²) in [5, 5.41) is 6.46. The van der Waals surface area contributed by atoms with Crippen LogP contribution in [0.15, 0.2) is 42.5 Å². The minimum absolute atomic E-state index is 0.0468. The molecule has 2 aromatic rings. The van der Waals surface area contributed by atoms with Crippen LogP contribution in [0.1, 0.15) is 42.1 Å². The van der Waals surface area contributed by atoms with Crippen LogP contribution >= 0.6 is 11.6 Å². The van der Waals surface area contributed by atoms with Crippen molar-refractivity contribution in [3.8, 4) is 0 Å². The number of aryl methyl sites for hydroxylation is 1. The largest absolute Gasteiger partial charge is 0.375 e. The standard InChI is InChI=1S/C22H26ClN3O2/c1-2-5-16-6-9-18(10-7-16)25-21(27)15-24-20-11-8-17(23)14-19(20)22(28)26-12-3-4-13-26/h6-11,14,24H,2-5,12-13,15H2,1H3,(H,25,27). The number of nitrogens with zero attached hydrogens (tertiary/aromatic N) is 1. The van der Waals surface area contributed by atoms with Crippen LogP contribution in [0.25, 0.3) is 0 Å². The molecule has 6 heteroatoms. The van der Waals surface area contributed by atoms with Gasteiger partial charge in [-0.25, -0.2) is 0 Å². The fourth-order valence-electron chi connectivity index (χ4n) is 3.36. The third-order valence-electron chi connectivity index (χ3n) is 4.82. The second kappa shape index (κ2) is 9.60. The van der Waals surface area contributed by atoms with Gasteiger partial charge in [-0.2, -0.15) is 0 Å². The second-order valence-corrected chi connectivity index (χ2v) is 7.47. The van der Waals surface area contributed by atoms with Crippen molar-refractivity contribution in [1.82, 2.24) is 4.90 Å². The number of hydrogen-bond acceptors (Lipinski definition) is 3. The zero-order valence-corrected chi connectivity index (χ0v) is 16.9. The summed E-state index contributed by atoms with van der Waals surface area (Å²) in [6.07, 6.45) is 4.17. The van der Waals surface area contributed by atoms with Crippen molar-refractivity contribution < 1.29 is 9.59 Å². The predicted octanol–water partition coefficient (Wildman–Crippen LogP) is 4.58. The molecule has 148 valence electrons. The number of rotatable bonds is 7. The Morgan fingerprint density at radius 2 is 1.79 bits per heavy atom. The van der Waals surface area contributed by atoms with Crippen molar-refractivity contribution in [3.63, 3.8) is 0 Å². The van der Waals surface area contributed by atoms with Gasteiger partial charge >= 0.3 is 0 Å². The number of halogens is 1. The first-order valence-corrected chi connectivity index (χ1v) is 10.2. The van der Waals surface area contributed by atoms with Crippen LogP contribution in [0.4, 0.5) is 11.4 Å². The molecule has 0 atom stereocenters. The average Bonchev–Trinajstić information content (AvgIpc) is 3.23. The van der Waals surface area contributed by atoms with Gasteiger partial charge in [0.25, 0.3) is 5.91 Å². The molecule has 2 amide bonds. The van der Waals surface area contributed by atoms with E-state index in [0.717, 1.165) is 44.5 Å². The Morgan fingerprint density at radius 1 is 1.07 bits per heavy atom. The number of likely N-dealkylation sites (tertiary alicyclic amines) is 1. The molecule has 5 nitrogen and oxygen atoms in total. The summed E-state index contributed by atoms with van der Waals surface area (Å²) in [5.41, 5.74) is 3.14. The highest BCUT2D eigenvalue weighted by molar-refractivity contribution is 6.31. The lowest BCUT2D eigenvalue weighted by atomic mass is 10.1. The maximum absolute atomic E-state index is 12.8. The van der Waals surface area contributed by atoms with Crippen molar-refractivity contribution in [3.05, 3.63) is 58.6 Å². The topological polar surface area (TPSA) is 61.4 Å². The molecule has 28 heavy (non-hydrogen) atoms. The summed E-state index contributed by atoms with van der Waals surface area (Å²) in [6, 6.07) is 13.0. The van der Waals surface area contributed by atoms with Crippen molar-refractivity contribution >= 4 is 34.8 Å². The van der Waals surface area contributed by atoms with Gasteiger partial charge in [-0.3, -0.25) is 9.59 Å². The molecule has 0 radical (unpaired) electrons. The van der Waals surface area contributed by atoms with E-state index in [9.17, 15) is 9.59 Å². The Kier molecular flexibility index (Phi) is 6.93. The van der Waals surface area contributed by atoms with E-state index >= 15 is 0 Å². The summed E-state index contributed by atoms with van der Waals surface area (Å²) >= 11 is 6.09. The summed E-state index contributed by atoms with van der Waals surface area (Å²) in [7, 11) is 0. The first kappa shape index (κ1) is 20.2. The van der Waals surface area contributed by atoms with E-state index < -0.39 is 0 Å². The third kappa shape index (κ3) is 5.26. The number of benzene rings is 2. The van der Waals surface area contributed by atoms with Gasteiger partial charge in [0.2, 0.25) is 5.91 Å². The predicted molar refractivity (Wildman–Crippen MR) is 114 cm³/mol. The molecule has 1 heterocycles. The molecule has 0 aliphatic carbocycles. The zero-order valence-electron chi connectivity index (χ0n) is 16.1. The van der Waals surface area contributed by atoms with Crippen molar-refractivity contribution in [2.75, 3.05) is 30.3 Å². The molecule has 0 spiro atoms. The minimum Gasteiger partial charge on any atom is -0.375 e. The zero-order chi connectivity index (χ0) is 19.9. The lowest BCUT2D eigenvalue weighted by molar-refractivity contribution is -0.114. The molecular weight excluding hydrogens is 374 g/mol. The van der Waals surface area contributed by atoms with Crippen LogP contribution in [-0.2, 0) is 11.2 Å². The number of amides is 2. The number of hydrogen-bond donors (Lipinski definition) is 2. The van der Waals surface area contributed by atoms with Gasteiger partial charge in [-0.05, 0) is 55.2 Å². The maximum atomic E-state index is 12.8. The summed E-state index contributed by atoms with van der Waals surface area (Å²) in [5.74, 6) is -0.216. The normalized spacial score (nSPS) is 13.4. The SMILES string of the molecule is CCCc1ccc(NC(=O)CNc2ccc(Cl)cc2C(=O)N2CCCC2)cc1. The molecule has 0 bridgehead atoms. The molecule has 0 unspecified atom stereocenters. The number of nitrogens with one attached hydrogen (secondary N) is 2. The quantitative estimate of drug-likeness (QED) is 0.716. The van der Waals surface area contributed by atoms with Gasteiger partial charge in [0, 0.05) is 29.5 Å². The molecule has 1 aliphatic rings. The lowest BCUT2D eigenvalue weighted by Crippen LogP contribution is -2.29. The molecule has 0 aromatic heterocycles. The fraction of sp³-hybridized carbons (Fsp3) is 0.364. The van der Waals surface area contributed by atoms with E-state index in [1.54, 1.807) is 18.2 Å². The fourth-order valence-corrected chi connectivity index (χ4v) is 3.53. The molecule has 1 fully saturated rings. The van der Waals surface area contributed by atoms with Crippen LogP contribution in [0.2, 0.25) is 5.02 Å².